The van der Waals surface area contributed by atoms with Crippen molar-refractivity contribution in [2.24, 2.45) is 0 Å². The Morgan fingerprint density at radius 2 is 1.50 bits per heavy atom. The minimum atomic E-state index is -0.430. The van der Waals surface area contributed by atoms with Crippen LogP contribution in [-0.4, -0.2) is 26.8 Å². The van der Waals surface area contributed by atoms with Crippen LogP contribution in [0.15, 0.2) is 48.5 Å². The highest BCUT2D eigenvalue weighted by Gasteiger charge is 2.25. The molecule has 0 heterocycles. The summed E-state index contributed by atoms with van der Waals surface area (Å²) in [4.78, 5) is 11.8. The third kappa shape index (κ3) is 4.51. The molecular formula is C25H28O5. The molecule has 3 aromatic rings. The second-order valence-corrected chi connectivity index (χ2v) is 7.00. The second-order valence-electron chi connectivity index (χ2n) is 7.00. The van der Waals surface area contributed by atoms with Gasteiger partial charge in [-0.05, 0) is 29.7 Å². The van der Waals surface area contributed by atoms with Crippen molar-refractivity contribution in [1.29, 1.82) is 0 Å². The van der Waals surface area contributed by atoms with Crippen molar-refractivity contribution in [2.45, 2.75) is 33.1 Å². The maximum Gasteiger partial charge on any atom is 0.308 e. The van der Waals surface area contributed by atoms with Crippen LogP contribution < -0.4 is 18.9 Å². The first-order chi connectivity index (χ1) is 14.6. The molecule has 0 N–H and O–H groups in total. The highest BCUT2D eigenvalue weighted by molar-refractivity contribution is 6.02. The SMILES string of the molecule is CCCCCOc1c(OC)c(OC)c(OC(C)=O)c2ccc(-c3ccccc3)cc12. The van der Waals surface area contributed by atoms with Crippen molar-refractivity contribution >= 4 is 16.7 Å². The Hall–Kier alpha value is -3.21. The number of benzene rings is 3. The van der Waals surface area contributed by atoms with E-state index in [1.165, 1.54) is 14.0 Å². The number of unbranched alkanes of at least 4 members (excludes halogenated alkanes) is 2. The smallest absolute Gasteiger partial charge is 0.308 e. The summed E-state index contributed by atoms with van der Waals surface area (Å²) in [6.45, 7) is 4.08. The largest absolute Gasteiger partial charge is 0.490 e. The zero-order valence-electron chi connectivity index (χ0n) is 18.0. The molecule has 3 rings (SSSR count). The molecule has 0 radical (unpaired) electrons. The summed E-state index contributed by atoms with van der Waals surface area (Å²) < 4.78 is 23.0. The molecule has 0 aliphatic heterocycles. The third-order valence-corrected chi connectivity index (χ3v) is 4.88. The number of hydrogen-bond acceptors (Lipinski definition) is 5. The zero-order chi connectivity index (χ0) is 21.5. The second kappa shape index (κ2) is 10.0. The Bertz CT molecular complexity index is 1010. The number of esters is 1. The van der Waals surface area contributed by atoms with Gasteiger partial charge in [0.25, 0.3) is 0 Å². The van der Waals surface area contributed by atoms with Gasteiger partial charge in [0.2, 0.25) is 11.5 Å². The highest BCUT2D eigenvalue weighted by Crippen LogP contribution is 2.51. The van der Waals surface area contributed by atoms with E-state index in [2.05, 4.69) is 19.1 Å². The molecule has 0 amide bonds. The molecule has 30 heavy (non-hydrogen) atoms. The molecule has 0 atom stereocenters. The van der Waals surface area contributed by atoms with E-state index in [1.807, 2.05) is 36.4 Å². The normalized spacial score (nSPS) is 10.7. The fraction of sp³-hybridized carbons (Fsp3) is 0.320. The van der Waals surface area contributed by atoms with Gasteiger partial charge in [-0.1, -0.05) is 56.2 Å². The number of rotatable bonds is 9. The van der Waals surface area contributed by atoms with Crippen LogP contribution in [0, 0.1) is 0 Å². The summed E-state index contributed by atoms with van der Waals surface area (Å²) >= 11 is 0. The number of hydrogen-bond donors (Lipinski definition) is 0. The molecule has 0 fully saturated rings. The quantitative estimate of drug-likeness (QED) is 0.246. The van der Waals surface area contributed by atoms with E-state index in [1.54, 1.807) is 7.11 Å². The van der Waals surface area contributed by atoms with E-state index in [0.717, 1.165) is 41.2 Å². The van der Waals surface area contributed by atoms with Crippen molar-refractivity contribution in [3.8, 4) is 34.1 Å². The van der Waals surface area contributed by atoms with Gasteiger partial charge in [0, 0.05) is 17.7 Å². The van der Waals surface area contributed by atoms with Gasteiger partial charge in [0.15, 0.2) is 11.5 Å². The number of carbonyl (C=O) groups excluding carboxylic acids is 1. The molecule has 5 nitrogen and oxygen atoms in total. The molecular weight excluding hydrogens is 380 g/mol. The lowest BCUT2D eigenvalue weighted by Crippen LogP contribution is -2.07. The van der Waals surface area contributed by atoms with Crippen molar-refractivity contribution in [2.75, 3.05) is 20.8 Å². The average Bonchev–Trinajstić information content (AvgIpc) is 2.77. The predicted octanol–water partition coefficient (Wildman–Crippen LogP) is 6.02. The summed E-state index contributed by atoms with van der Waals surface area (Å²) in [5.74, 6) is 1.26. The van der Waals surface area contributed by atoms with Crippen molar-refractivity contribution in [1.82, 2.24) is 0 Å². The van der Waals surface area contributed by atoms with Crippen LogP contribution in [0.1, 0.15) is 33.1 Å². The van der Waals surface area contributed by atoms with Crippen LogP contribution in [0.2, 0.25) is 0 Å². The van der Waals surface area contributed by atoms with E-state index >= 15 is 0 Å². The zero-order valence-corrected chi connectivity index (χ0v) is 18.0. The molecule has 158 valence electrons. The van der Waals surface area contributed by atoms with E-state index in [9.17, 15) is 4.79 Å². The van der Waals surface area contributed by atoms with Crippen LogP contribution in [0.3, 0.4) is 0 Å². The number of ether oxygens (including phenoxy) is 4. The van der Waals surface area contributed by atoms with Gasteiger partial charge in [-0.2, -0.15) is 0 Å². The molecule has 0 unspecified atom stereocenters. The first-order valence-electron chi connectivity index (χ1n) is 10.2. The van der Waals surface area contributed by atoms with Crippen LogP contribution in [0.25, 0.3) is 21.9 Å². The predicted molar refractivity (Wildman–Crippen MR) is 119 cm³/mol. The summed E-state index contributed by atoms with van der Waals surface area (Å²) in [5, 5.41) is 1.54. The van der Waals surface area contributed by atoms with Gasteiger partial charge < -0.3 is 18.9 Å². The summed E-state index contributed by atoms with van der Waals surface area (Å²) in [7, 11) is 3.08. The number of methoxy groups -OCH3 is 2. The lowest BCUT2D eigenvalue weighted by atomic mass is 9.99. The first-order valence-corrected chi connectivity index (χ1v) is 10.2. The van der Waals surface area contributed by atoms with Gasteiger partial charge in [-0.15, -0.1) is 0 Å². The highest BCUT2D eigenvalue weighted by atomic mass is 16.6. The summed E-state index contributed by atoms with van der Waals surface area (Å²) in [6.07, 6.45) is 3.12. The number of carbonyl (C=O) groups is 1. The fourth-order valence-electron chi connectivity index (χ4n) is 3.48. The lowest BCUT2D eigenvalue weighted by molar-refractivity contribution is -0.131. The van der Waals surface area contributed by atoms with E-state index in [0.29, 0.717) is 29.6 Å². The molecule has 0 aromatic heterocycles. The van der Waals surface area contributed by atoms with Gasteiger partial charge >= 0.3 is 5.97 Å². The molecule has 0 saturated heterocycles. The Labute approximate surface area is 177 Å². The van der Waals surface area contributed by atoms with Crippen LogP contribution >= 0.6 is 0 Å². The molecule has 0 spiro atoms. The Balaban J connectivity index is 2.25. The van der Waals surface area contributed by atoms with Crippen LogP contribution in [0.5, 0.6) is 23.0 Å². The number of fused-ring (bicyclic) bond motifs is 1. The monoisotopic (exact) mass is 408 g/mol. The van der Waals surface area contributed by atoms with Gasteiger partial charge in [-0.3, -0.25) is 4.79 Å². The molecule has 3 aromatic carbocycles. The lowest BCUT2D eigenvalue weighted by Gasteiger charge is -2.20. The van der Waals surface area contributed by atoms with E-state index in [-0.39, 0.29) is 0 Å². The third-order valence-electron chi connectivity index (χ3n) is 4.88. The molecule has 0 bridgehead atoms. The Kier molecular flexibility index (Phi) is 7.17. The fourth-order valence-corrected chi connectivity index (χ4v) is 3.48. The minimum Gasteiger partial charge on any atom is -0.490 e. The maximum atomic E-state index is 11.8. The van der Waals surface area contributed by atoms with E-state index in [4.69, 9.17) is 18.9 Å². The van der Waals surface area contributed by atoms with Crippen molar-refractivity contribution < 1.29 is 23.7 Å². The van der Waals surface area contributed by atoms with Crippen molar-refractivity contribution in [3.63, 3.8) is 0 Å². The van der Waals surface area contributed by atoms with Crippen molar-refractivity contribution in [3.05, 3.63) is 48.5 Å². The first kappa shape index (κ1) is 21.5. The minimum absolute atomic E-state index is 0.331. The van der Waals surface area contributed by atoms with Gasteiger partial charge in [0.05, 0.1) is 20.8 Å². The summed E-state index contributed by atoms with van der Waals surface area (Å²) in [6, 6.07) is 16.1. The average molecular weight is 408 g/mol. The molecule has 0 aliphatic rings. The van der Waals surface area contributed by atoms with Gasteiger partial charge in [-0.25, -0.2) is 0 Å². The Morgan fingerprint density at radius 1 is 0.800 bits per heavy atom. The standard InChI is InChI=1S/C25H28O5/c1-5-6-10-15-29-22-21-16-19(18-11-8-7-9-12-18)13-14-20(21)23(30-17(2)26)25(28-4)24(22)27-3/h7-9,11-14,16H,5-6,10,15H2,1-4H3. The Morgan fingerprint density at radius 3 is 2.13 bits per heavy atom. The van der Waals surface area contributed by atoms with E-state index < -0.39 is 5.97 Å². The summed E-state index contributed by atoms with van der Waals surface area (Å²) in [5.41, 5.74) is 2.11. The van der Waals surface area contributed by atoms with Gasteiger partial charge in [0.1, 0.15) is 0 Å². The van der Waals surface area contributed by atoms with Crippen LogP contribution in [-0.2, 0) is 4.79 Å². The molecule has 0 saturated carbocycles. The molecule has 0 aliphatic carbocycles. The topological polar surface area (TPSA) is 54.0 Å². The molecule has 5 heteroatoms. The maximum absolute atomic E-state index is 11.8. The van der Waals surface area contributed by atoms with Crippen LogP contribution in [0.4, 0.5) is 0 Å².